The standard InChI is InChI=1S/C26H30N2O4/c29-22(30)27-25-14-20-11-21(16-25)17-26(15-20,28-23(31)32)24(25,12-18-7-3-1-4-8-18)13-19-9-5-2-6-10-19/h1-10,20-21,27-28H,11-17H2,(H,29,30)(H,31,32). The molecule has 4 fully saturated rings. The van der Waals surface area contributed by atoms with E-state index in [0.717, 1.165) is 43.2 Å². The molecule has 4 aliphatic carbocycles. The van der Waals surface area contributed by atoms with Crippen molar-refractivity contribution in [3.05, 3.63) is 71.8 Å². The smallest absolute Gasteiger partial charge is 0.405 e. The quantitative estimate of drug-likeness (QED) is 0.530. The summed E-state index contributed by atoms with van der Waals surface area (Å²) in [5.74, 6) is 0.641. The molecular formula is C26H30N2O4. The van der Waals surface area contributed by atoms with Crippen molar-refractivity contribution in [2.24, 2.45) is 17.3 Å². The van der Waals surface area contributed by atoms with E-state index in [9.17, 15) is 19.8 Å². The second-order valence-electron chi connectivity index (χ2n) is 10.2. The Hall–Kier alpha value is -3.02. The van der Waals surface area contributed by atoms with Crippen LogP contribution >= 0.6 is 0 Å². The third kappa shape index (κ3) is 3.24. The van der Waals surface area contributed by atoms with Gasteiger partial charge in [-0.3, -0.25) is 0 Å². The van der Waals surface area contributed by atoms with Gasteiger partial charge in [0, 0.05) is 5.41 Å². The van der Waals surface area contributed by atoms with Crippen LogP contribution in [-0.2, 0) is 12.8 Å². The van der Waals surface area contributed by atoms with Crippen molar-refractivity contribution in [1.29, 1.82) is 0 Å². The van der Waals surface area contributed by atoms with E-state index < -0.39 is 28.7 Å². The lowest BCUT2D eigenvalue weighted by Crippen LogP contribution is -2.82. The molecule has 0 radical (unpaired) electrons. The number of carbonyl (C=O) groups is 2. The summed E-state index contributed by atoms with van der Waals surface area (Å²) in [6, 6.07) is 20.2. The van der Waals surface area contributed by atoms with Gasteiger partial charge in [0.25, 0.3) is 0 Å². The fourth-order valence-corrected chi connectivity index (χ4v) is 7.81. The molecule has 0 unspecified atom stereocenters. The van der Waals surface area contributed by atoms with Gasteiger partial charge in [-0.2, -0.15) is 0 Å². The van der Waals surface area contributed by atoms with Gasteiger partial charge >= 0.3 is 12.2 Å². The fraction of sp³-hybridized carbons (Fsp3) is 0.462. The Labute approximate surface area is 188 Å². The van der Waals surface area contributed by atoms with Crippen molar-refractivity contribution in [3.8, 4) is 0 Å². The Kier molecular flexibility index (Phi) is 4.91. The van der Waals surface area contributed by atoms with Crippen LogP contribution < -0.4 is 10.6 Å². The van der Waals surface area contributed by atoms with Crippen LogP contribution in [0.3, 0.4) is 0 Å². The number of rotatable bonds is 6. The van der Waals surface area contributed by atoms with Gasteiger partial charge in [0.1, 0.15) is 0 Å². The Morgan fingerprint density at radius 3 is 1.44 bits per heavy atom. The molecule has 2 aromatic rings. The summed E-state index contributed by atoms with van der Waals surface area (Å²) in [6.45, 7) is 0. The maximum Gasteiger partial charge on any atom is 0.405 e. The maximum atomic E-state index is 12.2. The summed E-state index contributed by atoms with van der Waals surface area (Å²) >= 11 is 0. The number of amides is 2. The van der Waals surface area contributed by atoms with Gasteiger partial charge in [-0.05, 0) is 67.9 Å². The third-order valence-corrected chi connectivity index (χ3v) is 8.44. The molecule has 2 amide bonds. The number of hydrogen-bond acceptors (Lipinski definition) is 2. The predicted molar refractivity (Wildman–Crippen MR) is 121 cm³/mol. The number of hydrogen-bond donors (Lipinski definition) is 4. The average Bonchev–Trinajstić information content (AvgIpc) is 2.72. The minimum atomic E-state index is -1.03. The van der Waals surface area contributed by atoms with Gasteiger partial charge in [-0.1, -0.05) is 60.7 Å². The molecule has 4 aliphatic rings. The minimum absolute atomic E-state index is 0.320. The second kappa shape index (κ2) is 7.54. The molecule has 168 valence electrons. The van der Waals surface area contributed by atoms with E-state index >= 15 is 0 Å². The molecule has 0 atom stereocenters. The fourth-order valence-electron chi connectivity index (χ4n) is 7.81. The summed E-state index contributed by atoms with van der Waals surface area (Å²) < 4.78 is 0. The van der Waals surface area contributed by atoms with Crippen LogP contribution in [0, 0.1) is 17.3 Å². The molecular weight excluding hydrogens is 404 g/mol. The Bertz CT molecular complexity index is 914. The van der Waals surface area contributed by atoms with Crippen molar-refractivity contribution in [2.75, 3.05) is 0 Å². The van der Waals surface area contributed by atoms with E-state index in [4.69, 9.17) is 0 Å². The first-order valence-corrected chi connectivity index (χ1v) is 11.5. The van der Waals surface area contributed by atoms with Crippen LogP contribution in [0.5, 0.6) is 0 Å². The molecule has 6 heteroatoms. The largest absolute Gasteiger partial charge is 0.465 e. The monoisotopic (exact) mass is 434 g/mol. The van der Waals surface area contributed by atoms with E-state index in [0.29, 0.717) is 24.7 Å². The lowest BCUT2D eigenvalue weighted by atomic mass is 9.36. The third-order valence-electron chi connectivity index (χ3n) is 8.44. The normalized spacial score (nSPS) is 31.8. The molecule has 4 saturated carbocycles. The molecule has 4 N–H and O–H groups in total. The zero-order valence-electron chi connectivity index (χ0n) is 18.1. The summed E-state index contributed by atoms with van der Waals surface area (Å²) in [5, 5.41) is 25.9. The predicted octanol–water partition coefficient (Wildman–Crippen LogP) is 4.69. The van der Waals surface area contributed by atoms with E-state index in [2.05, 4.69) is 34.9 Å². The summed E-state index contributed by atoms with van der Waals surface area (Å²) in [4.78, 5) is 24.3. The highest BCUT2D eigenvalue weighted by molar-refractivity contribution is 5.68. The van der Waals surface area contributed by atoms with Crippen molar-refractivity contribution in [3.63, 3.8) is 0 Å². The average molecular weight is 435 g/mol. The molecule has 0 heterocycles. The highest BCUT2D eigenvalue weighted by Crippen LogP contribution is 2.67. The lowest BCUT2D eigenvalue weighted by molar-refractivity contribution is -0.164. The molecule has 6 nitrogen and oxygen atoms in total. The molecule has 6 rings (SSSR count). The van der Waals surface area contributed by atoms with E-state index in [1.54, 1.807) is 0 Å². The van der Waals surface area contributed by atoms with Crippen LogP contribution in [0.2, 0.25) is 0 Å². The molecule has 32 heavy (non-hydrogen) atoms. The van der Waals surface area contributed by atoms with Crippen LogP contribution in [0.25, 0.3) is 0 Å². The van der Waals surface area contributed by atoms with Crippen molar-refractivity contribution >= 4 is 12.2 Å². The Balaban J connectivity index is 1.73. The van der Waals surface area contributed by atoms with Crippen molar-refractivity contribution in [1.82, 2.24) is 10.6 Å². The highest BCUT2D eigenvalue weighted by atomic mass is 16.4. The summed E-state index contributed by atoms with van der Waals surface area (Å²) in [6.07, 6.45) is 3.28. The highest BCUT2D eigenvalue weighted by Gasteiger charge is 2.72. The van der Waals surface area contributed by atoms with Crippen LogP contribution in [0.1, 0.15) is 43.2 Å². The van der Waals surface area contributed by atoms with E-state index in [1.165, 1.54) is 0 Å². The van der Waals surface area contributed by atoms with Gasteiger partial charge < -0.3 is 20.8 Å². The molecule has 0 saturated heterocycles. The minimum Gasteiger partial charge on any atom is -0.465 e. The topological polar surface area (TPSA) is 98.7 Å². The van der Waals surface area contributed by atoms with Crippen molar-refractivity contribution < 1.29 is 19.8 Å². The van der Waals surface area contributed by atoms with Crippen LogP contribution in [-0.4, -0.2) is 33.5 Å². The van der Waals surface area contributed by atoms with Crippen molar-refractivity contribution in [2.45, 2.75) is 56.0 Å². The van der Waals surface area contributed by atoms with Gasteiger partial charge in [-0.15, -0.1) is 0 Å². The zero-order chi connectivity index (χ0) is 22.4. The molecule has 0 aromatic heterocycles. The van der Waals surface area contributed by atoms with Crippen LogP contribution in [0.15, 0.2) is 60.7 Å². The second-order valence-corrected chi connectivity index (χ2v) is 10.2. The number of benzene rings is 2. The summed E-state index contributed by atoms with van der Waals surface area (Å²) in [7, 11) is 0. The Morgan fingerprint density at radius 1 is 0.719 bits per heavy atom. The van der Waals surface area contributed by atoms with Gasteiger partial charge in [0.15, 0.2) is 0 Å². The number of carboxylic acid groups (broad SMARTS) is 2. The molecule has 2 aromatic carbocycles. The van der Waals surface area contributed by atoms with Gasteiger partial charge in [0.2, 0.25) is 0 Å². The SMILES string of the molecule is O=C(O)NC12CC3CC(C1)CC(NC(=O)O)(C3)C2(Cc1ccccc1)Cc1ccccc1. The van der Waals surface area contributed by atoms with Gasteiger partial charge in [0.05, 0.1) is 11.1 Å². The first kappa shape index (κ1) is 20.9. The van der Waals surface area contributed by atoms with Gasteiger partial charge in [-0.25, -0.2) is 9.59 Å². The zero-order valence-corrected chi connectivity index (χ0v) is 18.1. The molecule has 0 spiro atoms. The van der Waals surface area contributed by atoms with E-state index in [-0.39, 0.29) is 0 Å². The number of nitrogens with one attached hydrogen (secondary N) is 2. The molecule has 0 aliphatic heterocycles. The maximum absolute atomic E-state index is 12.2. The first-order chi connectivity index (χ1) is 15.4. The lowest BCUT2D eigenvalue weighted by Gasteiger charge is -2.72. The Morgan fingerprint density at radius 2 is 1.09 bits per heavy atom. The first-order valence-electron chi connectivity index (χ1n) is 11.5. The van der Waals surface area contributed by atoms with E-state index in [1.807, 2.05) is 36.4 Å². The summed E-state index contributed by atoms with van der Waals surface area (Å²) in [5.41, 5.74) is 0.226. The molecule has 4 bridgehead atoms. The van der Waals surface area contributed by atoms with Crippen LogP contribution in [0.4, 0.5) is 9.59 Å².